The molecule has 3 aromatic rings. The van der Waals surface area contributed by atoms with Gasteiger partial charge in [0.1, 0.15) is 0 Å². The van der Waals surface area contributed by atoms with Crippen molar-refractivity contribution in [3.8, 4) is 6.07 Å². The van der Waals surface area contributed by atoms with Crippen molar-refractivity contribution in [3.63, 3.8) is 0 Å². The number of anilines is 4. The topological polar surface area (TPSA) is 86.5 Å². The molecule has 1 aromatic heterocycles. The van der Waals surface area contributed by atoms with Gasteiger partial charge >= 0.3 is 6.18 Å². The van der Waals surface area contributed by atoms with Crippen LogP contribution in [0.1, 0.15) is 11.1 Å². The quantitative estimate of drug-likeness (QED) is 0.727. The van der Waals surface area contributed by atoms with Crippen LogP contribution in [-0.4, -0.2) is 15.2 Å². The normalized spacial score (nSPS) is 10.8. The van der Waals surface area contributed by atoms with Gasteiger partial charge in [0.2, 0.25) is 5.95 Å². The summed E-state index contributed by atoms with van der Waals surface area (Å²) in [4.78, 5) is 4.16. The summed E-state index contributed by atoms with van der Waals surface area (Å²) in [5, 5.41) is 22.0. The summed E-state index contributed by atoms with van der Waals surface area (Å²) in [5.41, 5.74) is 0.609. The van der Waals surface area contributed by atoms with E-state index >= 15 is 0 Å². The van der Waals surface area contributed by atoms with Crippen molar-refractivity contribution >= 4 is 23.1 Å². The first-order chi connectivity index (χ1) is 12.4. The molecule has 0 aliphatic heterocycles. The number of hydrogen-bond donors (Lipinski definition) is 2. The van der Waals surface area contributed by atoms with Gasteiger partial charge in [0.25, 0.3) is 0 Å². The summed E-state index contributed by atoms with van der Waals surface area (Å²) >= 11 is 0. The summed E-state index contributed by atoms with van der Waals surface area (Å²) in [6.45, 7) is 0. The molecule has 0 saturated carbocycles. The maximum atomic E-state index is 12.8. The van der Waals surface area contributed by atoms with Crippen molar-refractivity contribution in [2.45, 2.75) is 6.18 Å². The Hall–Kier alpha value is -3.67. The highest BCUT2D eigenvalue weighted by Crippen LogP contribution is 2.31. The minimum Gasteiger partial charge on any atom is -0.339 e. The van der Waals surface area contributed by atoms with Crippen LogP contribution in [0.5, 0.6) is 0 Å². The van der Waals surface area contributed by atoms with Gasteiger partial charge in [0, 0.05) is 11.4 Å². The third-order valence-electron chi connectivity index (χ3n) is 3.29. The van der Waals surface area contributed by atoms with Crippen molar-refractivity contribution in [2.24, 2.45) is 0 Å². The largest absolute Gasteiger partial charge is 0.416 e. The monoisotopic (exact) mass is 356 g/mol. The minimum absolute atomic E-state index is 0.0444. The van der Waals surface area contributed by atoms with Gasteiger partial charge in [0.15, 0.2) is 5.82 Å². The number of hydrogen-bond acceptors (Lipinski definition) is 6. The Bertz CT molecular complexity index is 948. The number of rotatable bonds is 4. The first-order valence-electron chi connectivity index (χ1n) is 7.35. The van der Waals surface area contributed by atoms with Crippen molar-refractivity contribution in [2.75, 3.05) is 10.6 Å². The second kappa shape index (κ2) is 7.06. The molecule has 0 aliphatic rings. The first kappa shape index (κ1) is 17.2. The standard InChI is InChI=1S/C17H11F3N6/c18-17(19,20)12-2-1-3-14(8-12)24-16-25-15(10-22-26-16)23-13-6-4-11(9-21)5-7-13/h1-8,10H,(H2,23,24,25,26). The van der Waals surface area contributed by atoms with Crippen molar-refractivity contribution in [3.05, 3.63) is 65.9 Å². The van der Waals surface area contributed by atoms with E-state index < -0.39 is 11.7 Å². The zero-order valence-electron chi connectivity index (χ0n) is 13.1. The van der Waals surface area contributed by atoms with Crippen LogP contribution >= 0.6 is 0 Å². The van der Waals surface area contributed by atoms with Crippen LogP contribution in [0.4, 0.5) is 36.3 Å². The van der Waals surface area contributed by atoms with Crippen LogP contribution in [-0.2, 0) is 6.18 Å². The molecule has 26 heavy (non-hydrogen) atoms. The molecule has 0 aliphatic carbocycles. The Morgan fingerprint density at radius 3 is 2.42 bits per heavy atom. The van der Waals surface area contributed by atoms with Gasteiger partial charge in [-0.3, -0.25) is 0 Å². The minimum atomic E-state index is -4.43. The molecule has 2 N–H and O–H groups in total. The predicted molar refractivity (Wildman–Crippen MR) is 89.0 cm³/mol. The van der Waals surface area contributed by atoms with Crippen LogP contribution in [0.25, 0.3) is 0 Å². The molecule has 1 heterocycles. The fourth-order valence-electron chi connectivity index (χ4n) is 2.10. The summed E-state index contributed by atoms with van der Waals surface area (Å²) in [7, 11) is 0. The Balaban J connectivity index is 1.76. The van der Waals surface area contributed by atoms with Crippen molar-refractivity contribution in [1.29, 1.82) is 5.26 Å². The fraction of sp³-hybridized carbons (Fsp3) is 0.0588. The Labute approximate surface area is 146 Å². The molecule has 0 atom stereocenters. The predicted octanol–water partition coefficient (Wildman–Crippen LogP) is 4.25. The summed E-state index contributed by atoms with van der Waals surface area (Å²) in [5.74, 6) is 0.391. The van der Waals surface area contributed by atoms with Crippen LogP contribution in [0, 0.1) is 11.3 Å². The van der Waals surface area contributed by atoms with Crippen molar-refractivity contribution in [1.82, 2.24) is 15.2 Å². The Morgan fingerprint density at radius 2 is 1.73 bits per heavy atom. The van der Waals surface area contributed by atoms with Gasteiger partial charge in [-0.15, -0.1) is 5.10 Å². The van der Waals surface area contributed by atoms with Gasteiger partial charge in [0.05, 0.1) is 23.4 Å². The zero-order valence-corrected chi connectivity index (χ0v) is 13.1. The maximum absolute atomic E-state index is 12.8. The van der Waals surface area contributed by atoms with E-state index in [1.54, 1.807) is 24.3 Å². The highest BCUT2D eigenvalue weighted by atomic mass is 19.4. The van der Waals surface area contributed by atoms with E-state index in [2.05, 4.69) is 25.8 Å². The van der Waals surface area contributed by atoms with Crippen LogP contribution in [0.3, 0.4) is 0 Å². The van der Waals surface area contributed by atoms with Crippen LogP contribution < -0.4 is 10.6 Å². The van der Waals surface area contributed by atoms with Crippen LogP contribution in [0.15, 0.2) is 54.7 Å². The van der Waals surface area contributed by atoms with E-state index in [-0.39, 0.29) is 11.6 Å². The van der Waals surface area contributed by atoms with Gasteiger partial charge in [-0.05, 0) is 42.5 Å². The molecule has 0 amide bonds. The van der Waals surface area contributed by atoms with E-state index in [0.29, 0.717) is 17.1 Å². The third kappa shape index (κ3) is 4.24. The molecule has 0 spiro atoms. The van der Waals surface area contributed by atoms with E-state index in [0.717, 1.165) is 12.1 Å². The lowest BCUT2D eigenvalue weighted by Crippen LogP contribution is -2.06. The second-order valence-corrected chi connectivity index (χ2v) is 5.18. The molecule has 3 rings (SSSR count). The Morgan fingerprint density at radius 1 is 0.962 bits per heavy atom. The number of nitrogens with one attached hydrogen (secondary N) is 2. The molecule has 9 heteroatoms. The lowest BCUT2D eigenvalue weighted by molar-refractivity contribution is -0.137. The molecule has 0 unspecified atom stereocenters. The number of benzene rings is 2. The number of nitriles is 1. The molecular formula is C17H11F3N6. The molecule has 130 valence electrons. The lowest BCUT2D eigenvalue weighted by atomic mass is 10.2. The first-order valence-corrected chi connectivity index (χ1v) is 7.35. The van der Waals surface area contributed by atoms with Gasteiger partial charge in [-0.1, -0.05) is 6.07 Å². The number of alkyl halides is 3. The summed E-state index contributed by atoms with van der Waals surface area (Å²) in [6, 6.07) is 13.4. The molecule has 0 saturated heterocycles. The van der Waals surface area contributed by atoms with E-state index in [9.17, 15) is 13.2 Å². The molecule has 0 fully saturated rings. The van der Waals surface area contributed by atoms with Gasteiger partial charge in [-0.2, -0.15) is 28.5 Å². The lowest BCUT2D eigenvalue weighted by Gasteiger charge is -2.10. The van der Waals surface area contributed by atoms with E-state index in [1.807, 2.05) is 6.07 Å². The molecule has 0 bridgehead atoms. The molecule has 6 nitrogen and oxygen atoms in total. The van der Waals surface area contributed by atoms with Gasteiger partial charge in [-0.25, -0.2) is 0 Å². The summed E-state index contributed by atoms with van der Waals surface area (Å²) in [6.07, 6.45) is -3.06. The smallest absolute Gasteiger partial charge is 0.339 e. The summed E-state index contributed by atoms with van der Waals surface area (Å²) < 4.78 is 38.3. The van der Waals surface area contributed by atoms with Crippen LogP contribution in [0.2, 0.25) is 0 Å². The average molecular weight is 356 g/mol. The highest BCUT2D eigenvalue weighted by Gasteiger charge is 2.30. The second-order valence-electron chi connectivity index (χ2n) is 5.18. The number of halogens is 3. The molecule has 2 aromatic carbocycles. The SMILES string of the molecule is N#Cc1ccc(Nc2cnnc(Nc3cccc(C(F)(F)F)c3)n2)cc1. The van der Waals surface area contributed by atoms with Gasteiger partial charge < -0.3 is 10.6 Å². The van der Waals surface area contributed by atoms with E-state index in [4.69, 9.17) is 5.26 Å². The zero-order chi connectivity index (χ0) is 18.6. The Kier molecular flexibility index (Phi) is 4.66. The number of aromatic nitrogens is 3. The highest BCUT2D eigenvalue weighted by molar-refractivity contribution is 5.59. The molecule has 0 radical (unpaired) electrons. The molecular weight excluding hydrogens is 345 g/mol. The average Bonchev–Trinajstić information content (AvgIpc) is 2.62. The fourth-order valence-corrected chi connectivity index (χ4v) is 2.10. The maximum Gasteiger partial charge on any atom is 0.416 e. The number of nitrogens with zero attached hydrogens (tertiary/aromatic N) is 4. The van der Waals surface area contributed by atoms with E-state index in [1.165, 1.54) is 18.3 Å². The van der Waals surface area contributed by atoms with Crippen molar-refractivity contribution < 1.29 is 13.2 Å². The third-order valence-corrected chi connectivity index (χ3v) is 3.29.